The van der Waals surface area contributed by atoms with Gasteiger partial charge in [-0.15, -0.1) is 0 Å². The lowest BCUT2D eigenvalue weighted by molar-refractivity contribution is -0.116. The van der Waals surface area contributed by atoms with Gasteiger partial charge < -0.3 is 5.32 Å². The van der Waals surface area contributed by atoms with Crippen LogP contribution in [-0.4, -0.2) is 5.91 Å². The number of anilines is 1. The number of amides is 1. The summed E-state index contributed by atoms with van der Waals surface area (Å²) in [7, 11) is 0. The molecule has 0 fully saturated rings. The normalized spacial score (nSPS) is 16.8. The van der Waals surface area contributed by atoms with Crippen molar-refractivity contribution in [2.45, 2.75) is 25.2 Å². The van der Waals surface area contributed by atoms with E-state index >= 15 is 0 Å². The number of para-hydroxylation sites is 1. The van der Waals surface area contributed by atoms with E-state index in [9.17, 15) is 4.79 Å². The average Bonchev–Trinajstić information content (AvgIpc) is 2.82. The molecule has 3 rings (SSSR count). The Bertz CT molecular complexity index is 624. The van der Waals surface area contributed by atoms with Crippen LogP contribution >= 0.6 is 11.6 Å². The van der Waals surface area contributed by atoms with E-state index in [-0.39, 0.29) is 11.8 Å². The molecule has 1 aliphatic carbocycles. The minimum atomic E-state index is 0.0639. The summed E-state index contributed by atoms with van der Waals surface area (Å²) < 4.78 is 0. The van der Waals surface area contributed by atoms with Crippen LogP contribution in [0.25, 0.3) is 0 Å². The number of fused-ring (bicyclic) bond motifs is 1. The molecule has 1 N–H and O–H groups in total. The molecule has 2 aromatic carbocycles. The van der Waals surface area contributed by atoms with Crippen molar-refractivity contribution < 1.29 is 4.79 Å². The van der Waals surface area contributed by atoms with Crippen molar-refractivity contribution in [1.29, 1.82) is 0 Å². The quantitative estimate of drug-likeness (QED) is 0.890. The topological polar surface area (TPSA) is 29.1 Å². The number of benzene rings is 2. The van der Waals surface area contributed by atoms with Gasteiger partial charge in [-0.25, -0.2) is 0 Å². The van der Waals surface area contributed by atoms with Crippen LogP contribution in [0.2, 0.25) is 5.02 Å². The Hall–Kier alpha value is -1.80. The van der Waals surface area contributed by atoms with Crippen molar-refractivity contribution in [3.63, 3.8) is 0 Å². The van der Waals surface area contributed by atoms with Crippen molar-refractivity contribution in [1.82, 2.24) is 0 Å². The molecule has 0 spiro atoms. The van der Waals surface area contributed by atoms with Gasteiger partial charge in [0.2, 0.25) is 5.91 Å². The van der Waals surface area contributed by atoms with Crippen LogP contribution < -0.4 is 5.32 Å². The van der Waals surface area contributed by atoms with Crippen molar-refractivity contribution in [2.75, 3.05) is 5.32 Å². The number of nitrogens with one attached hydrogen (secondary N) is 1. The smallest absolute Gasteiger partial charge is 0.224 e. The van der Waals surface area contributed by atoms with Crippen LogP contribution in [-0.2, 0) is 11.2 Å². The predicted molar refractivity (Wildman–Crippen MR) is 82.2 cm³/mol. The van der Waals surface area contributed by atoms with E-state index in [2.05, 4.69) is 11.4 Å². The minimum absolute atomic E-state index is 0.0639. The van der Waals surface area contributed by atoms with Crippen molar-refractivity contribution >= 4 is 23.2 Å². The number of aryl methyl sites for hydroxylation is 1. The molecule has 0 bridgehead atoms. The predicted octanol–water partition coefficient (Wildman–Crippen LogP) is 4.40. The summed E-state index contributed by atoms with van der Waals surface area (Å²) >= 11 is 6.05. The third-order valence-electron chi connectivity index (χ3n) is 3.80. The molecular weight excluding hydrogens is 270 g/mol. The van der Waals surface area contributed by atoms with E-state index in [1.165, 1.54) is 11.1 Å². The van der Waals surface area contributed by atoms with Gasteiger partial charge in [-0.2, -0.15) is 0 Å². The minimum Gasteiger partial charge on any atom is -0.326 e. The fourth-order valence-corrected chi connectivity index (χ4v) is 3.01. The number of halogens is 1. The fraction of sp³-hybridized carbons (Fsp3) is 0.235. The maximum atomic E-state index is 12.1. The van der Waals surface area contributed by atoms with Crippen molar-refractivity contribution in [2.24, 2.45) is 0 Å². The standard InChI is InChI=1S/C17H16ClNO/c18-14-9-8-12-6-7-13(16(12)11-14)10-17(20)19-15-4-2-1-3-5-15/h1-5,8-9,11,13H,6-7,10H2,(H,19,20). The molecule has 0 aliphatic heterocycles. The Morgan fingerprint density at radius 1 is 1.20 bits per heavy atom. The summed E-state index contributed by atoms with van der Waals surface area (Å²) in [5.74, 6) is 0.349. The first-order valence-electron chi connectivity index (χ1n) is 6.85. The first kappa shape index (κ1) is 13.2. The first-order valence-corrected chi connectivity index (χ1v) is 7.23. The Balaban J connectivity index is 1.68. The number of hydrogen-bond donors (Lipinski definition) is 1. The van der Waals surface area contributed by atoms with Crippen LogP contribution in [0.4, 0.5) is 5.69 Å². The van der Waals surface area contributed by atoms with Crippen molar-refractivity contribution in [3.8, 4) is 0 Å². The number of carbonyl (C=O) groups is 1. The number of rotatable bonds is 3. The van der Waals surface area contributed by atoms with Gasteiger partial charge in [0.1, 0.15) is 0 Å². The molecule has 0 heterocycles. The van der Waals surface area contributed by atoms with Gasteiger partial charge in [-0.05, 0) is 54.2 Å². The lowest BCUT2D eigenvalue weighted by Crippen LogP contribution is -2.14. The Labute approximate surface area is 123 Å². The number of hydrogen-bond acceptors (Lipinski definition) is 1. The average molecular weight is 286 g/mol. The monoisotopic (exact) mass is 285 g/mol. The van der Waals surface area contributed by atoms with E-state index in [0.29, 0.717) is 6.42 Å². The van der Waals surface area contributed by atoms with Crippen LogP contribution in [0, 0.1) is 0 Å². The second kappa shape index (κ2) is 5.68. The lowest BCUT2D eigenvalue weighted by atomic mass is 9.97. The summed E-state index contributed by atoms with van der Waals surface area (Å²) in [4.78, 5) is 12.1. The van der Waals surface area contributed by atoms with Gasteiger partial charge >= 0.3 is 0 Å². The first-order chi connectivity index (χ1) is 9.72. The third-order valence-corrected chi connectivity index (χ3v) is 4.03. The molecule has 1 aliphatic rings. The van der Waals surface area contributed by atoms with Crippen LogP contribution in [0.3, 0.4) is 0 Å². The largest absolute Gasteiger partial charge is 0.326 e. The van der Waals surface area contributed by atoms with Gasteiger partial charge in [-0.1, -0.05) is 35.9 Å². The maximum absolute atomic E-state index is 12.1. The summed E-state index contributed by atoms with van der Waals surface area (Å²) in [6, 6.07) is 15.6. The Morgan fingerprint density at radius 2 is 2.00 bits per heavy atom. The zero-order valence-electron chi connectivity index (χ0n) is 11.1. The Morgan fingerprint density at radius 3 is 2.80 bits per heavy atom. The highest BCUT2D eigenvalue weighted by Crippen LogP contribution is 2.37. The highest BCUT2D eigenvalue weighted by molar-refractivity contribution is 6.30. The molecule has 20 heavy (non-hydrogen) atoms. The van der Waals surface area contributed by atoms with Gasteiger partial charge in [0, 0.05) is 17.1 Å². The highest BCUT2D eigenvalue weighted by Gasteiger charge is 2.24. The van der Waals surface area contributed by atoms with Crippen LogP contribution in [0.1, 0.15) is 29.9 Å². The van der Waals surface area contributed by atoms with Crippen molar-refractivity contribution in [3.05, 3.63) is 64.7 Å². The van der Waals surface area contributed by atoms with Gasteiger partial charge in [0.15, 0.2) is 0 Å². The van der Waals surface area contributed by atoms with Gasteiger partial charge in [0.25, 0.3) is 0 Å². The maximum Gasteiger partial charge on any atom is 0.224 e. The van der Waals surface area contributed by atoms with Crippen LogP contribution in [0.15, 0.2) is 48.5 Å². The second-order valence-corrected chi connectivity index (χ2v) is 5.63. The van der Waals surface area contributed by atoms with E-state index in [4.69, 9.17) is 11.6 Å². The van der Waals surface area contributed by atoms with E-state index in [0.717, 1.165) is 23.6 Å². The zero-order chi connectivity index (χ0) is 13.9. The molecule has 1 atom stereocenters. The summed E-state index contributed by atoms with van der Waals surface area (Å²) in [5, 5.41) is 3.69. The SMILES string of the molecule is O=C(CC1CCc2ccc(Cl)cc21)Nc1ccccc1. The van der Waals surface area contributed by atoms with E-state index in [1.807, 2.05) is 42.5 Å². The highest BCUT2D eigenvalue weighted by atomic mass is 35.5. The molecule has 102 valence electrons. The van der Waals surface area contributed by atoms with Crippen LogP contribution in [0.5, 0.6) is 0 Å². The molecule has 3 heteroatoms. The number of carbonyl (C=O) groups excluding carboxylic acids is 1. The fourth-order valence-electron chi connectivity index (χ4n) is 2.83. The molecule has 2 aromatic rings. The molecule has 1 unspecified atom stereocenters. The lowest BCUT2D eigenvalue weighted by Gasteiger charge is -2.12. The van der Waals surface area contributed by atoms with E-state index in [1.54, 1.807) is 0 Å². The van der Waals surface area contributed by atoms with Gasteiger partial charge in [0.05, 0.1) is 0 Å². The summed E-state index contributed by atoms with van der Waals surface area (Å²) in [5.41, 5.74) is 3.41. The molecule has 2 nitrogen and oxygen atoms in total. The molecule has 0 radical (unpaired) electrons. The van der Waals surface area contributed by atoms with Gasteiger partial charge in [-0.3, -0.25) is 4.79 Å². The molecule has 0 saturated carbocycles. The summed E-state index contributed by atoms with van der Waals surface area (Å²) in [6.45, 7) is 0. The Kier molecular flexibility index (Phi) is 3.75. The molecular formula is C17H16ClNO. The molecule has 0 saturated heterocycles. The molecule has 0 aromatic heterocycles. The molecule has 1 amide bonds. The zero-order valence-corrected chi connectivity index (χ0v) is 11.9. The second-order valence-electron chi connectivity index (χ2n) is 5.20. The third kappa shape index (κ3) is 2.86. The summed E-state index contributed by atoms with van der Waals surface area (Å²) in [6.07, 6.45) is 2.58. The van der Waals surface area contributed by atoms with E-state index < -0.39 is 0 Å².